The highest BCUT2D eigenvalue weighted by atomic mass is 16.5. The number of benzene rings is 1. The number of rotatable bonds is 7. The van der Waals surface area contributed by atoms with Gasteiger partial charge in [-0.25, -0.2) is 0 Å². The third-order valence-corrected chi connectivity index (χ3v) is 3.31. The van der Waals surface area contributed by atoms with Crippen molar-refractivity contribution < 1.29 is 9.53 Å². The molecule has 1 aromatic carbocycles. The van der Waals surface area contributed by atoms with Gasteiger partial charge in [0, 0.05) is 0 Å². The van der Waals surface area contributed by atoms with Gasteiger partial charge in [-0.15, -0.1) is 0 Å². The molecular weight excluding hydrogens is 226 g/mol. The topological polar surface area (TPSA) is 38.3 Å². The summed E-state index contributed by atoms with van der Waals surface area (Å²) >= 11 is 0. The van der Waals surface area contributed by atoms with Crippen LogP contribution < -0.4 is 5.32 Å². The Bertz CT molecular complexity index is 347. The van der Waals surface area contributed by atoms with Crippen molar-refractivity contribution >= 4 is 5.97 Å². The van der Waals surface area contributed by atoms with Crippen LogP contribution in [0.5, 0.6) is 0 Å². The van der Waals surface area contributed by atoms with Gasteiger partial charge in [0.25, 0.3) is 0 Å². The lowest BCUT2D eigenvalue weighted by Crippen LogP contribution is -2.41. The van der Waals surface area contributed by atoms with Crippen molar-refractivity contribution in [2.75, 3.05) is 7.05 Å². The number of esters is 1. The molecule has 0 bridgehead atoms. The van der Waals surface area contributed by atoms with Crippen LogP contribution in [0, 0.1) is 5.92 Å². The molecule has 0 aromatic heterocycles. The lowest BCUT2D eigenvalue weighted by atomic mass is 9.94. The van der Waals surface area contributed by atoms with E-state index in [9.17, 15) is 4.79 Å². The van der Waals surface area contributed by atoms with Crippen LogP contribution in [-0.2, 0) is 16.1 Å². The zero-order valence-corrected chi connectivity index (χ0v) is 11.5. The zero-order chi connectivity index (χ0) is 13.4. The van der Waals surface area contributed by atoms with E-state index in [4.69, 9.17) is 4.74 Å². The molecule has 100 valence electrons. The molecule has 0 heterocycles. The largest absolute Gasteiger partial charge is 0.460 e. The SMILES string of the molecule is CCC(CC)[C@H](NC)C(=O)OCc1ccccc1. The lowest BCUT2D eigenvalue weighted by Gasteiger charge is -2.23. The van der Waals surface area contributed by atoms with Crippen molar-refractivity contribution in [3.63, 3.8) is 0 Å². The summed E-state index contributed by atoms with van der Waals surface area (Å²) in [5.74, 6) is 0.174. The van der Waals surface area contributed by atoms with E-state index in [-0.39, 0.29) is 12.0 Å². The molecule has 0 aliphatic carbocycles. The van der Waals surface area contributed by atoms with E-state index in [0.29, 0.717) is 12.5 Å². The second-order valence-corrected chi connectivity index (χ2v) is 4.44. The number of likely N-dealkylation sites (N-methyl/N-ethyl adjacent to an activating group) is 1. The highest BCUT2D eigenvalue weighted by molar-refractivity contribution is 5.76. The van der Waals surface area contributed by atoms with Gasteiger partial charge in [0.2, 0.25) is 0 Å². The van der Waals surface area contributed by atoms with Crippen molar-refractivity contribution in [3.05, 3.63) is 35.9 Å². The van der Waals surface area contributed by atoms with Crippen LogP contribution >= 0.6 is 0 Å². The second-order valence-electron chi connectivity index (χ2n) is 4.44. The third-order valence-electron chi connectivity index (χ3n) is 3.31. The molecule has 1 aromatic rings. The van der Waals surface area contributed by atoms with Crippen LogP contribution in [0.3, 0.4) is 0 Å². The van der Waals surface area contributed by atoms with Crippen molar-refractivity contribution in [1.82, 2.24) is 5.32 Å². The number of nitrogens with one attached hydrogen (secondary N) is 1. The maximum atomic E-state index is 12.0. The fraction of sp³-hybridized carbons (Fsp3) is 0.533. The number of carbonyl (C=O) groups excluding carboxylic acids is 1. The molecule has 0 saturated heterocycles. The minimum absolute atomic E-state index is 0.157. The Kier molecular flexibility index (Phi) is 6.44. The lowest BCUT2D eigenvalue weighted by molar-refractivity contribution is -0.149. The van der Waals surface area contributed by atoms with Crippen LogP contribution in [0.1, 0.15) is 32.3 Å². The van der Waals surface area contributed by atoms with Gasteiger partial charge in [-0.1, -0.05) is 57.0 Å². The first kappa shape index (κ1) is 14.7. The normalized spacial score (nSPS) is 12.4. The molecule has 3 heteroatoms. The average Bonchev–Trinajstić information content (AvgIpc) is 2.43. The Morgan fingerprint density at radius 1 is 1.22 bits per heavy atom. The van der Waals surface area contributed by atoms with Crippen molar-refractivity contribution in [3.8, 4) is 0 Å². The summed E-state index contributed by atoms with van der Waals surface area (Å²) in [6, 6.07) is 9.55. The van der Waals surface area contributed by atoms with Crippen LogP contribution in [-0.4, -0.2) is 19.1 Å². The van der Waals surface area contributed by atoms with Gasteiger partial charge in [-0.2, -0.15) is 0 Å². The number of ether oxygens (including phenoxy) is 1. The molecule has 0 aliphatic heterocycles. The van der Waals surface area contributed by atoms with Crippen LogP contribution in [0.25, 0.3) is 0 Å². The minimum Gasteiger partial charge on any atom is -0.460 e. The van der Waals surface area contributed by atoms with Gasteiger partial charge in [0.15, 0.2) is 0 Å². The first-order valence-electron chi connectivity index (χ1n) is 6.60. The Labute approximate surface area is 110 Å². The van der Waals surface area contributed by atoms with Crippen LogP contribution in [0.4, 0.5) is 0 Å². The Balaban J connectivity index is 2.52. The summed E-state index contributed by atoms with van der Waals surface area (Å²) in [4.78, 5) is 12.0. The molecule has 1 N–H and O–H groups in total. The highest BCUT2D eigenvalue weighted by Gasteiger charge is 2.25. The Hall–Kier alpha value is -1.35. The van der Waals surface area contributed by atoms with Gasteiger partial charge < -0.3 is 10.1 Å². The quantitative estimate of drug-likeness (QED) is 0.755. The van der Waals surface area contributed by atoms with E-state index in [1.54, 1.807) is 0 Å². The first-order valence-corrected chi connectivity index (χ1v) is 6.60. The number of hydrogen-bond donors (Lipinski definition) is 1. The van der Waals surface area contributed by atoms with Crippen molar-refractivity contribution in [2.24, 2.45) is 5.92 Å². The van der Waals surface area contributed by atoms with E-state index in [1.807, 2.05) is 37.4 Å². The summed E-state index contributed by atoms with van der Waals surface area (Å²) in [7, 11) is 1.81. The maximum Gasteiger partial charge on any atom is 0.323 e. The predicted octanol–water partition coefficient (Wildman–Crippen LogP) is 2.75. The molecule has 1 rings (SSSR count). The van der Waals surface area contributed by atoms with Gasteiger partial charge in [-0.3, -0.25) is 4.79 Å². The molecule has 0 saturated carbocycles. The number of hydrogen-bond acceptors (Lipinski definition) is 3. The van der Waals surface area contributed by atoms with Crippen LogP contribution in [0.2, 0.25) is 0 Å². The zero-order valence-electron chi connectivity index (χ0n) is 11.5. The first-order chi connectivity index (χ1) is 8.72. The molecule has 0 radical (unpaired) electrons. The molecule has 0 aliphatic rings. The van der Waals surface area contributed by atoms with E-state index < -0.39 is 0 Å². The molecular formula is C15H23NO2. The summed E-state index contributed by atoms with van der Waals surface area (Å²) in [5.41, 5.74) is 1.02. The summed E-state index contributed by atoms with van der Waals surface area (Å²) < 4.78 is 5.36. The van der Waals surface area contributed by atoms with Gasteiger partial charge in [-0.05, 0) is 18.5 Å². The Morgan fingerprint density at radius 2 is 1.83 bits per heavy atom. The van der Waals surface area contributed by atoms with Gasteiger partial charge >= 0.3 is 5.97 Å². The molecule has 0 amide bonds. The summed E-state index contributed by atoms with van der Waals surface area (Å²) in [6.07, 6.45) is 1.95. The monoisotopic (exact) mass is 249 g/mol. The molecule has 0 unspecified atom stereocenters. The fourth-order valence-electron chi connectivity index (χ4n) is 2.12. The third kappa shape index (κ3) is 4.15. The molecule has 3 nitrogen and oxygen atoms in total. The minimum atomic E-state index is -0.205. The average molecular weight is 249 g/mol. The summed E-state index contributed by atoms with van der Waals surface area (Å²) in [5, 5.41) is 3.07. The molecule has 0 spiro atoms. The smallest absolute Gasteiger partial charge is 0.323 e. The standard InChI is InChI=1S/C15H23NO2/c1-4-13(5-2)14(16-3)15(17)18-11-12-9-7-6-8-10-12/h6-10,13-14,16H,4-5,11H2,1-3H3/t14-/m0/s1. The van der Waals surface area contributed by atoms with E-state index in [1.165, 1.54) is 0 Å². The fourth-order valence-corrected chi connectivity index (χ4v) is 2.12. The highest BCUT2D eigenvalue weighted by Crippen LogP contribution is 2.15. The van der Waals surface area contributed by atoms with E-state index in [2.05, 4.69) is 19.2 Å². The molecule has 1 atom stereocenters. The Morgan fingerprint density at radius 3 is 2.33 bits per heavy atom. The maximum absolute atomic E-state index is 12.0. The van der Waals surface area contributed by atoms with E-state index >= 15 is 0 Å². The second kappa shape index (κ2) is 7.88. The molecule has 0 fully saturated rings. The predicted molar refractivity (Wildman–Crippen MR) is 73.2 cm³/mol. The van der Waals surface area contributed by atoms with Crippen molar-refractivity contribution in [2.45, 2.75) is 39.3 Å². The van der Waals surface area contributed by atoms with Crippen LogP contribution in [0.15, 0.2) is 30.3 Å². The van der Waals surface area contributed by atoms with E-state index in [0.717, 1.165) is 18.4 Å². The molecule has 18 heavy (non-hydrogen) atoms. The number of carbonyl (C=O) groups is 1. The van der Waals surface area contributed by atoms with Gasteiger partial charge in [0.1, 0.15) is 12.6 Å². The summed E-state index contributed by atoms with van der Waals surface area (Å²) in [6.45, 7) is 4.55. The van der Waals surface area contributed by atoms with Crippen molar-refractivity contribution in [1.29, 1.82) is 0 Å². The van der Waals surface area contributed by atoms with Gasteiger partial charge in [0.05, 0.1) is 0 Å².